The summed E-state index contributed by atoms with van der Waals surface area (Å²) in [5, 5.41) is 8.94. The summed E-state index contributed by atoms with van der Waals surface area (Å²) in [5.74, 6) is -1.01. The van der Waals surface area contributed by atoms with E-state index >= 15 is 0 Å². The molecule has 15 heavy (non-hydrogen) atoms. The van der Waals surface area contributed by atoms with E-state index in [0.29, 0.717) is 11.3 Å². The largest absolute Gasteiger partial charge is 0.478 e. The number of oxazole rings is 1. The number of carboxylic acids is 1. The van der Waals surface area contributed by atoms with Gasteiger partial charge < -0.3 is 15.3 Å². The molecule has 2 rings (SSSR count). The zero-order chi connectivity index (χ0) is 10.8. The molecule has 2 aromatic rings. The van der Waals surface area contributed by atoms with E-state index in [1.165, 1.54) is 12.3 Å². The SMILES string of the molecule is Nc1nc(-c2ccccc2C(=O)O)co1. The van der Waals surface area contributed by atoms with Crippen LogP contribution in [0.2, 0.25) is 0 Å². The number of aromatic nitrogens is 1. The topological polar surface area (TPSA) is 89.3 Å². The van der Waals surface area contributed by atoms with Gasteiger partial charge in [0.15, 0.2) is 0 Å². The highest BCUT2D eigenvalue weighted by molar-refractivity contribution is 5.95. The van der Waals surface area contributed by atoms with Gasteiger partial charge in [-0.1, -0.05) is 18.2 Å². The summed E-state index contributed by atoms with van der Waals surface area (Å²) in [4.78, 5) is 14.8. The normalized spacial score (nSPS) is 10.1. The molecule has 0 saturated heterocycles. The molecule has 5 nitrogen and oxygen atoms in total. The lowest BCUT2D eigenvalue weighted by molar-refractivity contribution is 0.0697. The predicted octanol–water partition coefficient (Wildman–Crippen LogP) is 1.62. The maximum Gasteiger partial charge on any atom is 0.336 e. The first kappa shape index (κ1) is 9.26. The maximum absolute atomic E-state index is 10.9. The molecule has 0 atom stereocenters. The van der Waals surface area contributed by atoms with Crippen LogP contribution in [-0.4, -0.2) is 16.1 Å². The number of hydrogen-bond acceptors (Lipinski definition) is 4. The van der Waals surface area contributed by atoms with E-state index in [9.17, 15) is 4.79 Å². The lowest BCUT2D eigenvalue weighted by atomic mass is 10.1. The first-order valence-electron chi connectivity index (χ1n) is 4.22. The number of aromatic carboxylic acids is 1. The van der Waals surface area contributed by atoms with E-state index in [1.807, 2.05) is 0 Å². The molecule has 0 aliphatic carbocycles. The van der Waals surface area contributed by atoms with E-state index < -0.39 is 5.97 Å². The summed E-state index contributed by atoms with van der Waals surface area (Å²) in [7, 11) is 0. The third-order valence-corrected chi connectivity index (χ3v) is 1.96. The van der Waals surface area contributed by atoms with Crippen LogP contribution in [0, 0.1) is 0 Å². The molecular weight excluding hydrogens is 196 g/mol. The summed E-state index contributed by atoms with van der Waals surface area (Å²) in [6.07, 6.45) is 1.33. The van der Waals surface area contributed by atoms with Gasteiger partial charge in [-0.2, -0.15) is 4.98 Å². The van der Waals surface area contributed by atoms with Crippen molar-refractivity contribution in [3.05, 3.63) is 36.1 Å². The van der Waals surface area contributed by atoms with Gasteiger partial charge in [0.25, 0.3) is 6.01 Å². The minimum absolute atomic E-state index is 0.0187. The van der Waals surface area contributed by atoms with Gasteiger partial charge in [-0.3, -0.25) is 0 Å². The molecule has 5 heteroatoms. The number of carbonyl (C=O) groups is 1. The Balaban J connectivity index is 2.57. The second kappa shape index (κ2) is 3.45. The lowest BCUT2D eigenvalue weighted by Crippen LogP contribution is -1.99. The van der Waals surface area contributed by atoms with E-state index in [4.69, 9.17) is 15.3 Å². The number of anilines is 1. The summed E-state index contributed by atoms with van der Waals surface area (Å²) in [6.45, 7) is 0. The van der Waals surface area contributed by atoms with Gasteiger partial charge in [-0.05, 0) is 6.07 Å². The molecule has 0 aliphatic rings. The molecule has 0 saturated carbocycles. The van der Waals surface area contributed by atoms with E-state index in [0.717, 1.165) is 0 Å². The summed E-state index contributed by atoms with van der Waals surface area (Å²) in [5.41, 5.74) is 6.40. The van der Waals surface area contributed by atoms with Crippen molar-refractivity contribution in [3.8, 4) is 11.3 Å². The van der Waals surface area contributed by atoms with E-state index in [2.05, 4.69) is 4.98 Å². The molecule has 0 bridgehead atoms. The zero-order valence-electron chi connectivity index (χ0n) is 7.68. The van der Waals surface area contributed by atoms with Crippen LogP contribution in [0.3, 0.4) is 0 Å². The molecule has 0 aliphatic heterocycles. The summed E-state index contributed by atoms with van der Waals surface area (Å²) < 4.78 is 4.83. The standard InChI is InChI=1S/C10H8N2O3/c11-10-12-8(5-15-10)6-3-1-2-4-7(6)9(13)14/h1-5H,(H2,11,12)(H,13,14). The van der Waals surface area contributed by atoms with Crippen LogP contribution in [0.5, 0.6) is 0 Å². The number of benzene rings is 1. The fraction of sp³-hybridized carbons (Fsp3) is 0. The van der Waals surface area contributed by atoms with Crippen LogP contribution in [0.4, 0.5) is 6.01 Å². The Kier molecular flexibility index (Phi) is 2.13. The van der Waals surface area contributed by atoms with Crippen LogP contribution in [0.25, 0.3) is 11.3 Å². The Morgan fingerprint density at radius 2 is 2.13 bits per heavy atom. The van der Waals surface area contributed by atoms with Crippen molar-refractivity contribution in [1.29, 1.82) is 0 Å². The molecule has 76 valence electrons. The van der Waals surface area contributed by atoms with Crippen LogP contribution in [-0.2, 0) is 0 Å². The molecule has 0 spiro atoms. The minimum Gasteiger partial charge on any atom is -0.478 e. The molecule has 1 aromatic heterocycles. The van der Waals surface area contributed by atoms with Crippen LogP contribution < -0.4 is 5.73 Å². The van der Waals surface area contributed by atoms with Crippen molar-refractivity contribution >= 4 is 12.0 Å². The average Bonchev–Trinajstić information content (AvgIpc) is 2.65. The Morgan fingerprint density at radius 1 is 1.40 bits per heavy atom. The van der Waals surface area contributed by atoms with Crippen molar-refractivity contribution in [3.63, 3.8) is 0 Å². The summed E-state index contributed by atoms with van der Waals surface area (Å²) in [6, 6.07) is 6.55. The van der Waals surface area contributed by atoms with Gasteiger partial charge in [0.2, 0.25) is 0 Å². The minimum atomic E-state index is -1.01. The zero-order valence-corrected chi connectivity index (χ0v) is 7.68. The predicted molar refractivity (Wildman–Crippen MR) is 53.3 cm³/mol. The van der Waals surface area contributed by atoms with E-state index in [1.54, 1.807) is 18.2 Å². The van der Waals surface area contributed by atoms with Crippen molar-refractivity contribution in [2.75, 3.05) is 5.73 Å². The fourth-order valence-corrected chi connectivity index (χ4v) is 1.30. The smallest absolute Gasteiger partial charge is 0.336 e. The van der Waals surface area contributed by atoms with Gasteiger partial charge in [0, 0.05) is 5.56 Å². The third-order valence-electron chi connectivity index (χ3n) is 1.96. The number of nitrogens with zero attached hydrogens (tertiary/aromatic N) is 1. The van der Waals surface area contributed by atoms with Crippen molar-refractivity contribution in [2.45, 2.75) is 0 Å². The van der Waals surface area contributed by atoms with E-state index in [-0.39, 0.29) is 11.6 Å². The Morgan fingerprint density at radius 3 is 2.73 bits per heavy atom. The molecule has 3 N–H and O–H groups in total. The third kappa shape index (κ3) is 1.67. The molecule has 0 amide bonds. The first-order valence-corrected chi connectivity index (χ1v) is 4.22. The number of rotatable bonds is 2. The summed E-state index contributed by atoms with van der Waals surface area (Å²) >= 11 is 0. The van der Waals surface area contributed by atoms with Crippen LogP contribution in [0.1, 0.15) is 10.4 Å². The Bertz CT molecular complexity index is 505. The van der Waals surface area contributed by atoms with Crippen LogP contribution in [0.15, 0.2) is 34.9 Å². The molecule has 1 heterocycles. The lowest BCUT2D eigenvalue weighted by Gasteiger charge is -2.00. The average molecular weight is 204 g/mol. The second-order valence-electron chi connectivity index (χ2n) is 2.92. The van der Waals surface area contributed by atoms with Gasteiger partial charge in [0.05, 0.1) is 5.56 Å². The van der Waals surface area contributed by atoms with Crippen LogP contribution >= 0.6 is 0 Å². The number of nitrogen functional groups attached to an aromatic ring is 1. The highest BCUT2D eigenvalue weighted by Crippen LogP contribution is 2.23. The van der Waals surface area contributed by atoms with Crippen molar-refractivity contribution in [1.82, 2.24) is 4.98 Å². The number of carboxylic acid groups (broad SMARTS) is 1. The van der Waals surface area contributed by atoms with Gasteiger partial charge in [-0.25, -0.2) is 4.79 Å². The number of nitrogens with two attached hydrogens (primary N) is 1. The van der Waals surface area contributed by atoms with Gasteiger partial charge >= 0.3 is 5.97 Å². The number of hydrogen-bond donors (Lipinski definition) is 2. The quantitative estimate of drug-likeness (QED) is 0.775. The highest BCUT2D eigenvalue weighted by Gasteiger charge is 2.13. The fourth-order valence-electron chi connectivity index (χ4n) is 1.30. The first-order chi connectivity index (χ1) is 7.18. The molecule has 0 fully saturated rings. The monoisotopic (exact) mass is 204 g/mol. The molecule has 1 aromatic carbocycles. The highest BCUT2D eigenvalue weighted by atomic mass is 16.4. The van der Waals surface area contributed by atoms with Gasteiger partial charge in [-0.15, -0.1) is 0 Å². The molecule has 0 unspecified atom stereocenters. The Hall–Kier alpha value is -2.30. The van der Waals surface area contributed by atoms with Gasteiger partial charge in [0.1, 0.15) is 12.0 Å². The molecule has 0 radical (unpaired) electrons. The Labute approximate surface area is 85.2 Å². The molecular formula is C10H8N2O3. The van der Waals surface area contributed by atoms with Crippen molar-refractivity contribution < 1.29 is 14.3 Å². The second-order valence-corrected chi connectivity index (χ2v) is 2.92. The van der Waals surface area contributed by atoms with Crippen molar-refractivity contribution in [2.24, 2.45) is 0 Å². The maximum atomic E-state index is 10.9.